The van der Waals surface area contributed by atoms with E-state index in [1.807, 2.05) is 36.4 Å². The number of benzene rings is 3. The van der Waals surface area contributed by atoms with E-state index in [-0.39, 0.29) is 17.0 Å². The van der Waals surface area contributed by atoms with Crippen LogP contribution in [0, 0.1) is 0 Å². The normalized spacial score (nSPS) is 11.1. The molecule has 3 aromatic rings. The third kappa shape index (κ3) is 3.98. The molecule has 0 N–H and O–H groups in total. The van der Waals surface area contributed by atoms with Gasteiger partial charge in [0.05, 0.1) is 17.1 Å². The van der Waals surface area contributed by atoms with E-state index in [1.165, 1.54) is 16.4 Å². The molecule has 6 heteroatoms. The summed E-state index contributed by atoms with van der Waals surface area (Å²) in [6, 6.07) is 24.2. The van der Waals surface area contributed by atoms with Crippen molar-refractivity contribution >= 4 is 33.5 Å². The molecule has 0 amide bonds. The van der Waals surface area contributed by atoms with Crippen molar-refractivity contribution in [3.05, 3.63) is 96.1 Å². The lowest BCUT2D eigenvalue weighted by molar-refractivity contribution is 0.109. The van der Waals surface area contributed by atoms with Crippen LogP contribution in [0.4, 0.5) is 5.69 Å². The number of carbonyl (C=O) groups excluding carboxylic acids is 1. The van der Waals surface area contributed by atoms with E-state index in [2.05, 4.69) is 12.6 Å². The van der Waals surface area contributed by atoms with Gasteiger partial charge >= 0.3 is 0 Å². The van der Waals surface area contributed by atoms with Crippen LogP contribution in [0.3, 0.4) is 0 Å². The summed E-state index contributed by atoms with van der Waals surface area (Å²) >= 11 is 3.79. The van der Waals surface area contributed by atoms with Crippen molar-refractivity contribution < 1.29 is 13.2 Å². The van der Waals surface area contributed by atoms with Gasteiger partial charge in [-0.05, 0) is 29.8 Å². The summed E-state index contributed by atoms with van der Waals surface area (Å²) in [5.41, 5.74) is 1.66. The summed E-state index contributed by atoms with van der Waals surface area (Å²) < 4.78 is 27.9. The molecule has 0 saturated carbocycles. The zero-order valence-corrected chi connectivity index (χ0v) is 15.5. The van der Waals surface area contributed by atoms with Gasteiger partial charge in [0.25, 0.3) is 10.0 Å². The fourth-order valence-electron chi connectivity index (χ4n) is 2.58. The van der Waals surface area contributed by atoms with Crippen LogP contribution in [0.5, 0.6) is 0 Å². The molecule has 0 aliphatic heterocycles. The zero-order valence-electron chi connectivity index (χ0n) is 13.8. The predicted octanol–water partition coefficient (Wildman–Crippen LogP) is 4.15. The molecule has 0 radical (unpaired) electrons. The minimum absolute atomic E-state index is 0.0529. The first kappa shape index (κ1) is 18.2. The largest absolute Gasteiger partial charge is 0.282 e. The van der Waals surface area contributed by atoms with Crippen molar-refractivity contribution in [2.75, 3.05) is 4.31 Å². The quantitative estimate of drug-likeness (QED) is 0.651. The number of carbonyl (C=O) groups is 1. The van der Waals surface area contributed by atoms with Gasteiger partial charge in [-0.1, -0.05) is 60.7 Å². The van der Waals surface area contributed by atoms with E-state index in [9.17, 15) is 13.2 Å². The monoisotopic (exact) mass is 383 g/mol. The predicted molar refractivity (Wildman–Crippen MR) is 106 cm³/mol. The molecular formula is C20H17NO3S2. The van der Waals surface area contributed by atoms with Crippen LogP contribution in [0.25, 0.3) is 0 Å². The lowest BCUT2D eigenvalue weighted by Gasteiger charge is -2.25. The van der Waals surface area contributed by atoms with Crippen LogP contribution in [-0.4, -0.2) is 13.5 Å². The second-order valence-corrected chi connectivity index (χ2v) is 7.93. The molecule has 0 aliphatic rings. The molecule has 3 aromatic carbocycles. The molecule has 0 spiro atoms. The maximum Gasteiger partial charge on any atom is 0.264 e. The van der Waals surface area contributed by atoms with Crippen molar-refractivity contribution in [2.45, 2.75) is 11.4 Å². The maximum atomic E-state index is 13.3. The number of thiol groups is 1. The lowest BCUT2D eigenvalue weighted by atomic mass is 10.2. The topological polar surface area (TPSA) is 54.5 Å². The summed E-state index contributed by atoms with van der Waals surface area (Å²) in [4.78, 5) is 11.6. The first-order chi connectivity index (χ1) is 12.5. The number of sulfonamides is 1. The summed E-state index contributed by atoms with van der Waals surface area (Å²) in [5.74, 6) is 0. The number of nitrogens with zero attached hydrogens (tertiary/aromatic N) is 1. The number of hydrogen-bond donors (Lipinski definition) is 1. The molecule has 3 rings (SSSR count). The molecule has 132 valence electrons. The number of anilines is 1. The number of hydrogen-bond acceptors (Lipinski definition) is 3. The van der Waals surface area contributed by atoms with Crippen LogP contribution in [-0.2, 0) is 16.6 Å². The number of para-hydroxylation sites is 1. The molecule has 0 fully saturated rings. The molecule has 0 atom stereocenters. The highest BCUT2D eigenvalue weighted by atomic mass is 32.2. The highest BCUT2D eigenvalue weighted by Crippen LogP contribution is 2.26. The summed E-state index contributed by atoms with van der Waals surface area (Å²) in [7, 11) is -3.86. The Balaban J connectivity index is 2.08. The maximum absolute atomic E-state index is 13.3. The van der Waals surface area contributed by atoms with Crippen LogP contribution >= 0.6 is 12.6 Å². The first-order valence-corrected chi connectivity index (χ1v) is 9.82. The van der Waals surface area contributed by atoms with Gasteiger partial charge in [0.15, 0.2) is 0 Å². The summed E-state index contributed by atoms with van der Waals surface area (Å²) in [6.45, 7) is 0.187. The van der Waals surface area contributed by atoms with E-state index in [4.69, 9.17) is 0 Å². The summed E-state index contributed by atoms with van der Waals surface area (Å²) in [6.07, 6.45) is 0. The molecule has 0 aliphatic carbocycles. The Kier molecular flexibility index (Phi) is 5.44. The van der Waals surface area contributed by atoms with E-state index < -0.39 is 15.1 Å². The van der Waals surface area contributed by atoms with Crippen LogP contribution in [0.1, 0.15) is 15.9 Å². The van der Waals surface area contributed by atoms with E-state index in [1.54, 1.807) is 36.4 Å². The molecule has 26 heavy (non-hydrogen) atoms. The second-order valence-electron chi connectivity index (χ2n) is 5.67. The molecule has 0 heterocycles. The van der Waals surface area contributed by atoms with Crippen molar-refractivity contribution in [1.29, 1.82) is 0 Å². The zero-order chi connectivity index (χ0) is 18.6. The van der Waals surface area contributed by atoms with Gasteiger partial charge in [-0.15, -0.1) is 12.6 Å². The van der Waals surface area contributed by atoms with Gasteiger partial charge in [0.1, 0.15) is 0 Å². The van der Waals surface area contributed by atoms with Crippen molar-refractivity contribution in [3.8, 4) is 0 Å². The molecular weight excluding hydrogens is 366 g/mol. The van der Waals surface area contributed by atoms with E-state index in [0.29, 0.717) is 5.69 Å². The smallest absolute Gasteiger partial charge is 0.264 e. The average molecular weight is 383 g/mol. The Morgan fingerprint density at radius 1 is 0.846 bits per heavy atom. The Labute approximate surface area is 158 Å². The standard InChI is InChI=1S/C20H17NO3S2/c22-20(25)17-10-7-13-19(14-17)26(23,24)21(18-11-5-2-6-12-18)15-16-8-3-1-4-9-16/h1-14H,15H2,(H,22,25). The third-order valence-corrected chi connectivity index (χ3v) is 5.91. The minimum atomic E-state index is -3.86. The molecule has 0 saturated heterocycles. The van der Waals surface area contributed by atoms with Crippen LogP contribution in [0.15, 0.2) is 89.8 Å². The highest BCUT2D eigenvalue weighted by Gasteiger charge is 2.25. The van der Waals surface area contributed by atoms with Gasteiger partial charge in [-0.2, -0.15) is 0 Å². The molecule has 0 unspecified atom stereocenters. The van der Waals surface area contributed by atoms with Crippen molar-refractivity contribution in [2.24, 2.45) is 0 Å². The second kappa shape index (κ2) is 7.76. The van der Waals surface area contributed by atoms with Gasteiger partial charge in [0, 0.05) is 5.56 Å². The SMILES string of the molecule is O=C(S)c1cccc(S(=O)(=O)N(Cc2ccccc2)c2ccccc2)c1. The van der Waals surface area contributed by atoms with Crippen molar-refractivity contribution in [1.82, 2.24) is 0 Å². The van der Waals surface area contributed by atoms with E-state index in [0.717, 1.165) is 5.56 Å². The van der Waals surface area contributed by atoms with Gasteiger partial charge < -0.3 is 0 Å². The van der Waals surface area contributed by atoms with Gasteiger partial charge in [0.2, 0.25) is 5.12 Å². The van der Waals surface area contributed by atoms with Gasteiger partial charge in [-0.3, -0.25) is 9.10 Å². The lowest BCUT2D eigenvalue weighted by Crippen LogP contribution is -2.30. The minimum Gasteiger partial charge on any atom is -0.282 e. The average Bonchev–Trinajstić information content (AvgIpc) is 2.67. The molecule has 0 bridgehead atoms. The molecule has 0 aromatic heterocycles. The van der Waals surface area contributed by atoms with Gasteiger partial charge in [-0.25, -0.2) is 8.42 Å². The Bertz CT molecular complexity index is 1000. The fourth-order valence-corrected chi connectivity index (χ4v) is 4.21. The number of rotatable bonds is 6. The van der Waals surface area contributed by atoms with Crippen molar-refractivity contribution in [3.63, 3.8) is 0 Å². The Morgan fingerprint density at radius 3 is 2.08 bits per heavy atom. The van der Waals surface area contributed by atoms with E-state index >= 15 is 0 Å². The fraction of sp³-hybridized carbons (Fsp3) is 0.0500. The van der Waals surface area contributed by atoms with Crippen LogP contribution in [0.2, 0.25) is 0 Å². The summed E-state index contributed by atoms with van der Waals surface area (Å²) in [5, 5.41) is -0.476. The third-order valence-electron chi connectivity index (χ3n) is 3.88. The Morgan fingerprint density at radius 2 is 1.46 bits per heavy atom. The first-order valence-electron chi connectivity index (χ1n) is 7.93. The Hall–Kier alpha value is -2.57. The molecule has 4 nitrogen and oxygen atoms in total. The van der Waals surface area contributed by atoms with Crippen LogP contribution < -0.4 is 4.31 Å². The highest BCUT2D eigenvalue weighted by molar-refractivity contribution is 7.97.